The van der Waals surface area contributed by atoms with Crippen LogP contribution in [0.25, 0.3) is 0 Å². The number of nitrogens with two attached hydrogens (primary N) is 1. The van der Waals surface area contributed by atoms with Crippen molar-refractivity contribution < 1.29 is 12.8 Å². The second-order valence-electron chi connectivity index (χ2n) is 4.93. The Hall–Kier alpha value is -1.79. The molecule has 1 aromatic carbocycles. The smallest absolute Gasteiger partial charge is 0.243 e. The molecule has 1 saturated carbocycles. The first-order chi connectivity index (χ1) is 9.57. The third kappa shape index (κ3) is 2.57. The summed E-state index contributed by atoms with van der Waals surface area (Å²) in [7, 11) is -3.54. The zero-order valence-corrected chi connectivity index (χ0v) is 11.7. The summed E-state index contributed by atoms with van der Waals surface area (Å²) in [6.45, 7) is 0.259. The van der Waals surface area contributed by atoms with Gasteiger partial charge in [-0.15, -0.1) is 0 Å². The van der Waals surface area contributed by atoms with E-state index in [1.165, 1.54) is 10.4 Å². The van der Waals surface area contributed by atoms with E-state index in [2.05, 4.69) is 0 Å². The minimum absolute atomic E-state index is 0.0616. The number of hydrogen-bond acceptors (Lipinski definition) is 4. The molecule has 1 aromatic heterocycles. The Morgan fingerprint density at radius 3 is 2.65 bits per heavy atom. The van der Waals surface area contributed by atoms with Gasteiger partial charge in [0.2, 0.25) is 10.0 Å². The Morgan fingerprint density at radius 1 is 1.25 bits per heavy atom. The average Bonchev–Trinajstić information content (AvgIpc) is 3.12. The fourth-order valence-corrected chi connectivity index (χ4v) is 3.85. The number of nitrogens with zero attached hydrogens (tertiary/aromatic N) is 1. The van der Waals surface area contributed by atoms with Gasteiger partial charge in [0, 0.05) is 11.7 Å². The lowest BCUT2D eigenvalue weighted by Crippen LogP contribution is -2.32. The van der Waals surface area contributed by atoms with Crippen molar-refractivity contribution in [2.45, 2.75) is 30.3 Å². The van der Waals surface area contributed by atoms with Crippen LogP contribution in [0.5, 0.6) is 0 Å². The minimum atomic E-state index is -3.54. The average molecular weight is 292 g/mol. The van der Waals surface area contributed by atoms with Crippen molar-refractivity contribution in [3.05, 3.63) is 48.4 Å². The molecule has 0 radical (unpaired) electrons. The van der Waals surface area contributed by atoms with E-state index in [1.807, 2.05) is 0 Å². The maximum absolute atomic E-state index is 12.7. The number of benzene rings is 1. The highest BCUT2D eigenvalue weighted by atomic mass is 32.2. The highest BCUT2D eigenvalue weighted by Crippen LogP contribution is 2.33. The largest absolute Gasteiger partial charge is 0.468 e. The summed E-state index contributed by atoms with van der Waals surface area (Å²) in [5.41, 5.74) is 6.13. The lowest BCUT2D eigenvalue weighted by molar-refractivity contribution is 0.356. The van der Waals surface area contributed by atoms with Crippen LogP contribution in [0.1, 0.15) is 18.6 Å². The number of hydrogen-bond donors (Lipinski definition) is 1. The molecule has 1 aliphatic carbocycles. The number of sulfonamides is 1. The Kier molecular flexibility index (Phi) is 3.27. The number of nitrogen functional groups attached to an aromatic ring is 1. The van der Waals surface area contributed by atoms with E-state index in [-0.39, 0.29) is 17.5 Å². The van der Waals surface area contributed by atoms with Crippen molar-refractivity contribution in [1.82, 2.24) is 4.31 Å². The molecule has 2 N–H and O–H groups in total. The van der Waals surface area contributed by atoms with Crippen molar-refractivity contribution in [3.63, 3.8) is 0 Å². The molecule has 0 amide bonds. The molecular weight excluding hydrogens is 276 g/mol. The van der Waals surface area contributed by atoms with Crippen LogP contribution < -0.4 is 5.73 Å². The molecule has 2 aromatic rings. The van der Waals surface area contributed by atoms with Crippen molar-refractivity contribution in [1.29, 1.82) is 0 Å². The standard InChI is InChI=1S/C14H16N2O3S/c15-11-3-1-5-14(9-11)20(17,18)16(12-6-7-12)10-13-4-2-8-19-13/h1-5,8-9,12H,6-7,10,15H2. The van der Waals surface area contributed by atoms with Crippen LogP contribution in [0.3, 0.4) is 0 Å². The Labute approximate surface area is 118 Å². The first kappa shape index (κ1) is 13.2. The molecule has 0 unspecified atom stereocenters. The van der Waals surface area contributed by atoms with Crippen molar-refractivity contribution in [2.24, 2.45) is 0 Å². The molecule has 0 spiro atoms. The van der Waals surface area contributed by atoms with Crippen molar-refractivity contribution in [3.8, 4) is 0 Å². The molecule has 5 nitrogen and oxygen atoms in total. The zero-order chi connectivity index (χ0) is 14.2. The van der Waals surface area contributed by atoms with Gasteiger partial charge < -0.3 is 10.2 Å². The van der Waals surface area contributed by atoms with Crippen molar-refractivity contribution >= 4 is 15.7 Å². The summed E-state index contributed by atoms with van der Waals surface area (Å²) in [4.78, 5) is 0.232. The summed E-state index contributed by atoms with van der Waals surface area (Å²) >= 11 is 0. The van der Waals surface area contributed by atoms with Crippen LogP contribution in [0.2, 0.25) is 0 Å². The number of furan rings is 1. The molecule has 20 heavy (non-hydrogen) atoms. The summed E-state index contributed by atoms with van der Waals surface area (Å²) in [5, 5.41) is 0. The van der Waals surface area contributed by atoms with Gasteiger partial charge in [-0.2, -0.15) is 4.31 Å². The first-order valence-corrected chi connectivity index (χ1v) is 7.91. The lowest BCUT2D eigenvalue weighted by Gasteiger charge is -2.21. The predicted octanol–water partition coefficient (Wildman–Crippen LogP) is 2.22. The van der Waals surface area contributed by atoms with Gasteiger partial charge in [0.15, 0.2) is 0 Å². The monoisotopic (exact) mass is 292 g/mol. The maximum atomic E-state index is 12.7. The van der Waals surface area contributed by atoms with Gasteiger partial charge in [0.05, 0.1) is 17.7 Å². The molecule has 3 rings (SSSR count). The van der Waals surface area contributed by atoms with Crippen LogP contribution in [0, 0.1) is 0 Å². The van der Waals surface area contributed by atoms with E-state index in [1.54, 1.807) is 36.6 Å². The molecule has 6 heteroatoms. The van der Waals surface area contributed by atoms with E-state index in [0.717, 1.165) is 12.8 Å². The van der Waals surface area contributed by atoms with Gasteiger partial charge in [-0.25, -0.2) is 8.42 Å². The van der Waals surface area contributed by atoms with E-state index < -0.39 is 10.0 Å². The molecule has 1 aliphatic rings. The zero-order valence-electron chi connectivity index (χ0n) is 10.9. The van der Waals surface area contributed by atoms with Gasteiger partial charge in [-0.3, -0.25) is 0 Å². The quantitative estimate of drug-likeness (QED) is 0.857. The lowest BCUT2D eigenvalue weighted by atomic mass is 10.3. The molecule has 106 valence electrons. The van der Waals surface area contributed by atoms with Crippen LogP contribution >= 0.6 is 0 Å². The van der Waals surface area contributed by atoms with Gasteiger partial charge in [0.1, 0.15) is 5.76 Å². The fourth-order valence-electron chi connectivity index (χ4n) is 2.14. The maximum Gasteiger partial charge on any atom is 0.243 e. The van der Waals surface area contributed by atoms with Gasteiger partial charge >= 0.3 is 0 Å². The Bertz CT molecular complexity index is 691. The van der Waals surface area contributed by atoms with E-state index in [0.29, 0.717) is 11.4 Å². The summed E-state index contributed by atoms with van der Waals surface area (Å²) in [6, 6.07) is 9.99. The SMILES string of the molecule is Nc1cccc(S(=O)(=O)N(Cc2ccco2)C2CC2)c1. The normalized spacial score (nSPS) is 15.7. The van der Waals surface area contributed by atoms with E-state index in [4.69, 9.17) is 10.2 Å². The molecule has 0 saturated heterocycles. The Balaban J connectivity index is 1.94. The van der Waals surface area contributed by atoms with Gasteiger partial charge in [-0.05, 0) is 43.2 Å². The topological polar surface area (TPSA) is 76.5 Å². The van der Waals surface area contributed by atoms with Crippen LogP contribution in [0.4, 0.5) is 5.69 Å². The van der Waals surface area contributed by atoms with Crippen LogP contribution in [0.15, 0.2) is 52.0 Å². The van der Waals surface area contributed by atoms with E-state index in [9.17, 15) is 8.42 Å². The predicted molar refractivity (Wildman–Crippen MR) is 75.3 cm³/mol. The molecule has 0 atom stereocenters. The van der Waals surface area contributed by atoms with Gasteiger partial charge in [-0.1, -0.05) is 6.07 Å². The molecule has 0 bridgehead atoms. The third-order valence-electron chi connectivity index (χ3n) is 3.31. The number of rotatable bonds is 5. The van der Waals surface area contributed by atoms with Crippen LogP contribution in [-0.4, -0.2) is 18.8 Å². The second kappa shape index (κ2) is 4.96. The molecule has 1 fully saturated rings. The molecule has 1 heterocycles. The first-order valence-electron chi connectivity index (χ1n) is 6.47. The minimum Gasteiger partial charge on any atom is -0.468 e. The highest BCUT2D eigenvalue weighted by molar-refractivity contribution is 7.89. The van der Waals surface area contributed by atoms with E-state index >= 15 is 0 Å². The Morgan fingerprint density at radius 2 is 2.05 bits per heavy atom. The summed E-state index contributed by atoms with van der Waals surface area (Å²) in [5.74, 6) is 0.643. The summed E-state index contributed by atoms with van der Waals surface area (Å²) < 4.78 is 32.2. The molecule has 0 aliphatic heterocycles. The highest BCUT2D eigenvalue weighted by Gasteiger charge is 2.38. The van der Waals surface area contributed by atoms with Gasteiger partial charge in [0.25, 0.3) is 0 Å². The number of anilines is 1. The fraction of sp³-hybridized carbons (Fsp3) is 0.286. The third-order valence-corrected chi connectivity index (χ3v) is 5.20. The summed E-state index contributed by atoms with van der Waals surface area (Å²) in [6.07, 6.45) is 3.33. The van der Waals surface area contributed by atoms with Crippen molar-refractivity contribution in [2.75, 3.05) is 5.73 Å². The molecular formula is C14H16N2O3S. The van der Waals surface area contributed by atoms with Crippen LogP contribution in [-0.2, 0) is 16.6 Å². The second-order valence-corrected chi connectivity index (χ2v) is 6.82.